The number of nitriles is 2. The quantitative estimate of drug-likeness (QED) is 0.611. The fourth-order valence-electron chi connectivity index (χ4n) is 3.16. The van der Waals surface area contributed by atoms with Gasteiger partial charge in [-0.3, -0.25) is 0 Å². The van der Waals surface area contributed by atoms with E-state index in [0.29, 0.717) is 32.0 Å². The van der Waals surface area contributed by atoms with E-state index in [0.717, 1.165) is 37.6 Å². The van der Waals surface area contributed by atoms with Crippen LogP contribution in [0.15, 0.2) is 47.8 Å². The summed E-state index contributed by atoms with van der Waals surface area (Å²) in [5.74, 6) is 1.03. The van der Waals surface area contributed by atoms with Gasteiger partial charge in [0.25, 0.3) is 0 Å². The molecule has 2 aliphatic rings. The summed E-state index contributed by atoms with van der Waals surface area (Å²) in [6.45, 7) is 5.87. The number of benzene rings is 1. The predicted molar refractivity (Wildman–Crippen MR) is 97.5 cm³/mol. The average molecular weight is 350 g/mol. The zero-order chi connectivity index (χ0) is 18.2. The van der Waals surface area contributed by atoms with Crippen LogP contribution in [0.4, 0.5) is 0 Å². The summed E-state index contributed by atoms with van der Waals surface area (Å²) in [7, 11) is 0. The van der Waals surface area contributed by atoms with Gasteiger partial charge >= 0.3 is 0 Å². The van der Waals surface area contributed by atoms with Gasteiger partial charge in [0, 0.05) is 31.8 Å². The van der Waals surface area contributed by atoms with Crippen molar-refractivity contribution in [1.29, 1.82) is 10.5 Å². The van der Waals surface area contributed by atoms with E-state index >= 15 is 0 Å². The molecule has 1 aromatic rings. The van der Waals surface area contributed by atoms with Crippen LogP contribution in [0.25, 0.3) is 5.57 Å². The molecule has 0 unspecified atom stereocenters. The molecule has 0 radical (unpaired) electrons. The summed E-state index contributed by atoms with van der Waals surface area (Å²) in [4.78, 5) is 4.54. The van der Waals surface area contributed by atoms with Crippen LogP contribution < -0.4 is 0 Å². The SMILES string of the molecule is N#CC(C#N)=C(C=C(N1CCOCC1)N1CCOCC1)c1ccccc1. The van der Waals surface area contributed by atoms with Crippen molar-refractivity contribution in [2.75, 3.05) is 52.6 Å². The molecule has 0 amide bonds. The number of hydrogen-bond acceptors (Lipinski definition) is 6. The molecule has 0 aliphatic carbocycles. The van der Waals surface area contributed by atoms with Crippen molar-refractivity contribution in [2.24, 2.45) is 0 Å². The fourth-order valence-corrected chi connectivity index (χ4v) is 3.16. The highest BCUT2D eigenvalue weighted by molar-refractivity contribution is 5.82. The molecule has 2 heterocycles. The number of morpholine rings is 2. The number of allylic oxidation sites excluding steroid dienone is 3. The first-order valence-corrected chi connectivity index (χ1v) is 8.80. The third kappa shape index (κ3) is 4.23. The lowest BCUT2D eigenvalue weighted by molar-refractivity contribution is 0.00875. The Bertz CT molecular complexity index is 710. The molecule has 0 saturated carbocycles. The topological polar surface area (TPSA) is 72.5 Å². The smallest absolute Gasteiger partial charge is 0.137 e. The van der Waals surface area contributed by atoms with Crippen molar-refractivity contribution in [2.45, 2.75) is 0 Å². The van der Waals surface area contributed by atoms with Gasteiger partial charge < -0.3 is 19.3 Å². The van der Waals surface area contributed by atoms with Crippen molar-refractivity contribution in [3.63, 3.8) is 0 Å². The van der Waals surface area contributed by atoms with Crippen LogP contribution in [0.2, 0.25) is 0 Å². The van der Waals surface area contributed by atoms with Gasteiger partial charge in [0.2, 0.25) is 0 Å². The van der Waals surface area contributed by atoms with E-state index in [1.807, 2.05) is 48.5 Å². The van der Waals surface area contributed by atoms with Crippen LogP contribution in [0.3, 0.4) is 0 Å². The number of hydrogen-bond donors (Lipinski definition) is 0. The van der Waals surface area contributed by atoms with E-state index < -0.39 is 0 Å². The van der Waals surface area contributed by atoms with Crippen molar-refractivity contribution < 1.29 is 9.47 Å². The highest BCUT2D eigenvalue weighted by Gasteiger charge is 2.22. The van der Waals surface area contributed by atoms with Gasteiger partial charge in [-0.1, -0.05) is 30.3 Å². The van der Waals surface area contributed by atoms with Crippen molar-refractivity contribution in [1.82, 2.24) is 9.80 Å². The second kappa shape index (κ2) is 9.05. The molecule has 6 nitrogen and oxygen atoms in total. The highest BCUT2D eigenvalue weighted by atomic mass is 16.5. The van der Waals surface area contributed by atoms with Gasteiger partial charge in [0.05, 0.1) is 26.4 Å². The van der Waals surface area contributed by atoms with Crippen molar-refractivity contribution >= 4 is 5.57 Å². The molecule has 0 bridgehead atoms. The van der Waals surface area contributed by atoms with E-state index in [1.54, 1.807) is 0 Å². The largest absolute Gasteiger partial charge is 0.378 e. The summed E-state index contributed by atoms with van der Waals surface area (Å²) in [6, 6.07) is 13.7. The number of nitrogens with zero attached hydrogens (tertiary/aromatic N) is 4. The number of rotatable bonds is 4. The van der Waals surface area contributed by atoms with Gasteiger partial charge in [-0.25, -0.2) is 0 Å². The molecular formula is C20H22N4O2. The molecule has 6 heteroatoms. The van der Waals surface area contributed by atoms with Crippen molar-refractivity contribution in [3.05, 3.63) is 53.4 Å². The molecular weight excluding hydrogens is 328 g/mol. The monoisotopic (exact) mass is 350 g/mol. The van der Waals surface area contributed by atoms with Crippen LogP contribution in [0, 0.1) is 22.7 Å². The lowest BCUT2D eigenvalue weighted by atomic mass is 10.00. The fraction of sp³-hybridized carbons (Fsp3) is 0.400. The summed E-state index contributed by atoms with van der Waals surface area (Å²) in [6.07, 6.45) is 1.98. The van der Waals surface area contributed by atoms with Crippen LogP contribution in [0.1, 0.15) is 5.56 Å². The standard InChI is InChI=1S/C20H22N4O2/c21-15-18(16-22)19(17-4-2-1-3-5-17)14-20(23-6-10-25-11-7-23)24-8-12-26-13-9-24/h1-5,14H,6-13H2. The van der Waals surface area contributed by atoms with Crippen LogP contribution in [-0.2, 0) is 9.47 Å². The molecule has 0 aromatic heterocycles. The third-order valence-electron chi connectivity index (χ3n) is 4.52. The maximum atomic E-state index is 9.46. The minimum Gasteiger partial charge on any atom is -0.378 e. The van der Waals surface area contributed by atoms with Gasteiger partial charge in [-0.15, -0.1) is 0 Å². The first-order valence-electron chi connectivity index (χ1n) is 8.80. The van der Waals surface area contributed by atoms with Crippen LogP contribution in [-0.4, -0.2) is 62.4 Å². The van der Waals surface area contributed by atoms with E-state index in [1.165, 1.54) is 0 Å². The second-order valence-electron chi connectivity index (χ2n) is 6.08. The Morgan fingerprint density at radius 1 is 0.846 bits per heavy atom. The maximum Gasteiger partial charge on any atom is 0.137 e. The van der Waals surface area contributed by atoms with Crippen LogP contribution >= 0.6 is 0 Å². The lowest BCUT2D eigenvalue weighted by Gasteiger charge is -2.39. The van der Waals surface area contributed by atoms with E-state index in [2.05, 4.69) is 9.80 Å². The molecule has 134 valence electrons. The van der Waals surface area contributed by atoms with Gasteiger partial charge in [-0.05, 0) is 11.6 Å². The number of ether oxygens (including phenoxy) is 2. The molecule has 0 atom stereocenters. The summed E-state index contributed by atoms with van der Waals surface area (Å²) >= 11 is 0. The highest BCUT2D eigenvalue weighted by Crippen LogP contribution is 2.25. The Balaban J connectivity index is 2.06. The molecule has 2 fully saturated rings. The molecule has 3 rings (SSSR count). The zero-order valence-electron chi connectivity index (χ0n) is 14.7. The Hall–Kier alpha value is -2.80. The summed E-state index contributed by atoms with van der Waals surface area (Å²) in [5, 5.41) is 18.9. The average Bonchev–Trinajstić information content (AvgIpc) is 2.73. The first kappa shape index (κ1) is 18.0. The molecule has 0 N–H and O–H groups in total. The molecule has 2 saturated heterocycles. The zero-order valence-corrected chi connectivity index (χ0v) is 14.7. The molecule has 1 aromatic carbocycles. The molecule has 2 aliphatic heterocycles. The first-order chi connectivity index (χ1) is 12.8. The van der Waals surface area contributed by atoms with E-state index in [-0.39, 0.29) is 5.57 Å². The Morgan fingerprint density at radius 2 is 1.35 bits per heavy atom. The Kier molecular flexibility index (Phi) is 6.27. The Morgan fingerprint density at radius 3 is 1.81 bits per heavy atom. The molecule has 0 spiro atoms. The summed E-state index contributed by atoms with van der Waals surface area (Å²) < 4.78 is 11.0. The molecule has 26 heavy (non-hydrogen) atoms. The minimum absolute atomic E-state index is 0.121. The third-order valence-corrected chi connectivity index (χ3v) is 4.52. The van der Waals surface area contributed by atoms with Crippen molar-refractivity contribution in [3.8, 4) is 12.1 Å². The normalized spacial score (nSPS) is 17.0. The lowest BCUT2D eigenvalue weighted by Crippen LogP contribution is -2.45. The second-order valence-corrected chi connectivity index (χ2v) is 6.08. The van der Waals surface area contributed by atoms with E-state index in [9.17, 15) is 10.5 Å². The van der Waals surface area contributed by atoms with Crippen LogP contribution in [0.5, 0.6) is 0 Å². The predicted octanol–water partition coefficient (Wildman–Crippen LogP) is 1.99. The van der Waals surface area contributed by atoms with Gasteiger partial charge in [0.1, 0.15) is 23.5 Å². The van der Waals surface area contributed by atoms with Gasteiger partial charge in [-0.2, -0.15) is 10.5 Å². The van der Waals surface area contributed by atoms with E-state index in [4.69, 9.17) is 9.47 Å². The maximum absolute atomic E-state index is 9.46. The van der Waals surface area contributed by atoms with Gasteiger partial charge in [0.15, 0.2) is 0 Å². The Labute approximate surface area is 154 Å². The summed E-state index contributed by atoms with van der Waals surface area (Å²) in [5.41, 5.74) is 1.64. The minimum atomic E-state index is 0.121.